The minimum absolute atomic E-state index is 0.0933. The Morgan fingerprint density at radius 2 is 2.00 bits per heavy atom. The quantitative estimate of drug-likeness (QED) is 0.823. The first kappa shape index (κ1) is 13.7. The van der Waals surface area contributed by atoms with Crippen molar-refractivity contribution in [2.24, 2.45) is 5.73 Å². The van der Waals surface area contributed by atoms with Gasteiger partial charge in [-0.1, -0.05) is 26.0 Å². The van der Waals surface area contributed by atoms with Gasteiger partial charge in [0.25, 0.3) is 0 Å². The van der Waals surface area contributed by atoms with Gasteiger partial charge in [-0.25, -0.2) is 0 Å². The predicted molar refractivity (Wildman–Crippen MR) is 69.2 cm³/mol. The van der Waals surface area contributed by atoms with E-state index in [0.29, 0.717) is 19.3 Å². The maximum atomic E-state index is 12.1. The van der Waals surface area contributed by atoms with Crippen LogP contribution in [0.3, 0.4) is 0 Å². The van der Waals surface area contributed by atoms with E-state index in [1.54, 1.807) is 7.11 Å². The van der Waals surface area contributed by atoms with Gasteiger partial charge in [-0.3, -0.25) is 4.79 Å². The highest BCUT2D eigenvalue weighted by Crippen LogP contribution is 2.18. The molecule has 2 N–H and O–H groups in total. The SMILES string of the molecule is CCC(N)(CC)C(=O)Cc1cccc(OC)c1. The van der Waals surface area contributed by atoms with Crippen molar-refractivity contribution in [3.8, 4) is 5.75 Å². The summed E-state index contributed by atoms with van der Waals surface area (Å²) in [4.78, 5) is 12.1. The number of hydrogen-bond donors (Lipinski definition) is 1. The summed E-state index contributed by atoms with van der Waals surface area (Å²) in [6, 6.07) is 7.55. The number of carbonyl (C=O) groups is 1. The monoisotopic (exact) mass is 235 g/mol. The van der Waals surface area contributed by atoms with E-state index in [4.69, 9.17) is 10.5 Å². The first-order chi connectivity index (χ1) is 8.05. The van der Waals surface area contributed by atoms with E-state index in [1.807, 2.05) is 38.1 Å². The molecule has 94 valence electrons. The van der Waals surface area contributed by atoms with Gasteiger partial charge in [0.05, 0.1) is 12.6 Å². The van der Waals surface area contributed by atoms with Crippen LogP contribution in [0, 0.1) is 0 Å². The van der Waals surface area contributed by atoms with Crippen molar-refractivity contribution in [2.75, 3.05) is 7.11 Å². The van der Waals surface area contributed by atoms with Crippen LogP contribution in [0.15, 0.2) is 24.3 Å². The van der Waals surface area contributed by atoms with Crippen molar-refractivity contribution in [3.63, 3.8) is 0 Å². The Balaban J connectivity index is 2.80. The van der Waals surface area contributed by atoms with Crippen LogP contribution >= 0.6 is 0 Å². The second kappa shape index (κ2) is 5.82. The van der Waals surface area contributed by atoms with Crippen LogP contribution in [0.1, 0.15) is 32.3 Å². The molecule has 0 aliphatic rings. The zero-order chi connectivity index (χ0) is 12.9. The van der Waals surface area contributed by atoms with Gasteiger partial charge < -0.3 is 10.5 Å². The molecule has 0 saturated carbocycles. The molecular formula is C14H21NO2. The van der Waals surface area contributed by atoms with Gasteiger partial charge in [0, 0.05) is 6.42 Å². The first-order valence-electron chi connectivity index (χ1n) is 6.00. The number of ether oxygens (including phenoxy) is 1. The lowest BCUT2D eigenvalue weighted by molar-refractivity contribution is -0.123. The highest BCUT2D eigenvalue weighted by atomic mass is 16.5. The van der Waals surface area contributed by atoms with Gasteiger partial charge in [-0.05, 0) is 30.5 Å². The Bertz CT molecular complexity index is 384. The van der Waals surface area contributed by atoms with Crippen molar-refractivity contribution in [1.29, 1.82) is 0 Å². The number of benzene rings is 1. The summed E-state index contributed by atoms with van der Waals surface area (Å²) in [6.07, 6.45) is 1.72. The topological polar surface area (TPSA) is 52.3 Å². The van der Waals surface area contributed by atoms with Crippen molar-refractivity contribution in [3.05, 3.63) is 29.8 Å². The molecule has 0 aliphatic heterocycles. The van der Waals surface area contributed by atoms with E-state index >= 15 is 0 Å². The summed E-state index contributed by atoms with van der Waals surface area (Å²) in [6.45, 7) is 3.90. The van der Waals surface area contributed by atoms with Gasteiger partial charge >= 0.3 is 0 Å². The fourth-order valence-corrected chi connectivity index (χ4v) is 1.79. The Morgan fingerprint density at radius 3 is 2.53 bits per heavy atom. The average molecular weight is 235 g/mol. The molecule has 0 bridgehead atoms. The summed E-state index contributed by atoms with van der Waals surface area (Å²) in [5.41, 5.74) is 6.34. The first-order valence-corrected chi connectivity index (χ1v) is 6.00. The Kier molecular flexibility index (Phi) is 4.70. The van der Waals surface area contributed by atoms with Crippen LogP contribution in [0.4, 0.5) is 0 Å². The Labute approximate surface area is 103 Å². The van der Waals surface area contributed by atoms with Crippen molar-refractivity contribution in [2.45, 2.75) is 38.6 Å². The average Bonchev–Trinajstić information content (AvgIpc) is 2.37. The lowest BCUT2D eigenvalue weighted by Crippen LogP contribution is -2.47. The normalized spacial score (nSPS) is 11.3. The number of Topliss-reactive ketones (excluding diaryl/α,β-unsaturated/α-hetero) is 1. The summed E-state index contributed by atoms with van der Waals surface area (Å²) < 4.78 is 5.13. The summed E-state index contributed by atoms with van der Waals surface area (Å²) in [7, 11) is 1.62. The molecule has 3 heteroatoms. The summed E-state index contributed by atoms with van der Waals surface area (Å²) in [5, 5.41) is 0. The molecule has 0 radical (unpaired) electrons. The number of ketones is 1. The molecule has 1 aromatic rings. The highest BCUT2D eigenvalue weighted by molar-refractivity contribution is 5.89. The molecule has 0 heterocycles. The minimum Gasteiger partial charge on any atom is -0.497 e. The fourth-order valence-electron chi connectivity index (χ4n) is 1.79. The van der Waals surface area contributed by atoms with Crippen molar-refractivity contribution in [1.82, 2.24) is 0 Å². The smallest absolute Gasteiger partial charge is 0.156 e. The minimum atomic E-state index is -0.691. The molecule has 0 unspecified atom stereocenters. The van der Waals surface area contributed by atoms with Crippen LogP contribution in [0.2, 0.25) is 0 Å². The zero-order valence-corrected chi connectivity index (χ0v) is 10.8. The number of hydrogen-bond acceptors (Lipinski definition) is 3. The molecule has 0 aliphatic carbocycles. The number of carbonyl (C=O) groups excluding carboxylic acids is 1. The van der Waals surface area contributed by atoms with Gasteiger partial charge in [0.1, 0.15) is 5.75 Å². The van der Waals surface area contributed by atoms with E-state index in [2.05, 4.69) is 0 Å². The van der Waals surface area contributed by atoms with Crippen LogP contribution in [-0.2, 0) is 11.2 Å². The van der Waals surface area contributed by atoms with Gasteiger partial charge in [0.2, 0.25) is 0 Å². The van der Waals surface area contributed by atoms with Crippen LogP contribution in [0.25, 0.3) is 0 Å². The molecular weight excluding hydrogens is 214 g/mol. The molecule has 1 rings (SSSR count). The van der Waals surface area contributed by atoms with E-state index in [9.17, 15) is 4.79 Å². The second-order valence-corrected chi connectivity index (χ2v) is 4.31. The number of methoxy groups -OCH3 is 1. The Morgan fingerprint density at radius 1 is 1.35 bits per heavy atom. The fraction of sp³-hybridized carbons (Fsp3) is 0.500. The molecule has 0 atom stereocenters. The predicted octanol–water partition coefficient (Wildman–Crippen LogP) is 2.32. The third kappa shape index (κ3) is 3.30. The molecule has 0 spiro atoms. The van der Waals surface area contributed by atoms with E-state index in [1.165, 1.54) is 0 Å². The van der Waals surface area contributed by atoms with Gasteiger partial charge in [-0.2, -0.15) is 0 Å². The maximum Gasteiger partial charge on any atom is 0.156 e. The summed E-state index contributed by atoms with van der Waals surface area (Å²) >= 11 is 0. The van der Waals surface area contributed by atoms with Crippen molar-refractivity contribution < 1.29 is 9.53 Å². The van der Waals surface area contributed by atoms with Gasteiger partial charge in [-0.15, -0.1) is 0 Å². The van der Waals surface area contributed by atoms with Crippen LogP contribution in [0.5, 0.6) is 5.75 Å². The standard InChI is InChI=1S/C14H21NO2/c1-4-14(15,5-2)13(16)10-11-7-6-8-12(9-11)17-3/h6-9H,4-5,10,15H2,1-3H3. The third-order valence-corrected chi connectivity index (χ3v) is 3.32. The van der Waals surface area contributed by atoms with E-state index in [0.717, 1.165) is 11.3 Å². The molecule has 1 aromatic carbocycles. The lowest BCUT2D eigenvalue weighted by atomic mass is 9.86. The lowest BCUT2D eigenvalue weighted by Gasteiger charge is -2.24. The highest BCUT2D eigenvalue weighted by Gasteiger charge is 2.29. The van der Waals surface area contributed by atoms with Crippen molar-refractivity contribution >= 4 is 5.78 Å². The maximum absolute atomic E-state index is 12.1. The second-order valence-electron chi connectivity index (χ2n) is 4.31. The molecule has 0 saturated heterocycles. The molecule has 0 fully saturated rings. The van der Waals surface area contributed by atoms with E-state index < -0.39 is 5.54 Å². The summed E-state index contributed by atoms with van der Waals surface area (Å²) in [5.74, 6) is 0.863. The largest absolute Gasteiger partial charge is 0.497 e. The molecule has 0 amide bonds. The molecule has 0 aromatic heterocycles. The van der Waals surface area contributed by atoms with Gasteiger partial charge in [0.15, 0.2) is 5.78 Å². The Hall–Kier alpha value is -1.35. The zero-order valence-electron chi connectivity index (χ0n) is 10.8. The molecule has 17 heavy (non-hydrogen) atoms. The third-order valence-electron chi connectivity index (χ3n) is 3.32. The number of rotatable bonds is 6. The van der Waals surface area contributed by atoms with Crippen LogP contribution < -0.4 is 10.5 Å². The van der Waals surface area contributed by atoms with E-state index in [-0.39, 0.29) is 5.78 Å². The number of nitrogens with two attached hydrogens (primary N) is 1. The molecule has 3 nitrogen and oxygen atoms in total. The van der Waals surface area contributed by atoms with Crippen LogP contribution in [-0.4, -0.2) is 18.4 Å².